The summed E-state index contributed by atoms with van der Waals surface area (Å²) in [4.78, 5) is 24.1. The van der Waals surface area contributed by atoms with Gasteiger partial charge in [0.05, 0.1) is 0 Å². The molecule has 0 bridgehead atoms. The minimum absolute atomic E-state index is 0.0638. The Morgan fingerprint density at radius 1 is 1.25 bits per heavy atom. The van der Waals surface area contributed by atoms with E-state index in [1.54, 1.807) is 0 Å². The Bertz CT molecular complexity index is 649. The Balaban J connectivity index is 1.87. The Morgan fingerprint density at radius 3 is 2.57 bits per heavy atom. The average molecular weight is 390 g/mol. The van der Waals surface area contributed by atoms with Gasteiger partial charge in [-0.1, -0.05) is 27.2 Å². The van der Waals surface area contributed by atoms with Gasteiger partial charge in [0.25, 0.3) is 6.47 Å². The van der Waals surface area contributed by atoms with Crippen LogP contribution in [0.25, 0.3) is 0 Å². The third-order valence-corrected chi connectivity index (χ3v) is 8.15. The summed E-state index contributed by atoms with van der Waals surface area (Å²) in [6.45, 7) is 13.7. The fourth-order valence-corrected chi connectivity index (χ4v) is 7.02. The van der Waals surface area contributed by atoms with Gasteiger partial charge in [-0.2, -0.15) is 0 Å². The van der Waals surface area contributed by atoms with Crippen molar-refractivity contribution in [1.82, 2.24) is 5.32 Å². The molecule has 2 saturated carbocycles. The van der Waals surface area contributed by atoms with E-state index in [0.29, 0.717) is 24.2 Å². The van der Waals surface area contributed by atoms with Crippen molar-refractivity contribution in [3.63, 3.8) is 0 Å². The molecule has 4 nitrogen and oxygen atoms in total. The smallest absolute Gasteiger partial charge is 0.298 e. The molecule has 3 rings (SSSR count). The molecule has 0 aromatic rings. The third-order valence-electron chi connectivity index (χ3n) is 8.15. The van der Waals surface area contributed by atoms with Gasteiger partial charge in [0.15, 0.2) is 0 Å². The van der Waals surface area contributed by atoms with E-state index >= 15 is 0 Å². The first-order chi connectivity index (χ1) is 13.1. The van der Waals surface area contributed by atoms with Gasteiger partial charge in [0.2, 0.25) is 5.91 Å². The maximum atomic E-state index is 13.1. The van der Waals surface area contributed by atoms with Gasteiger partial charge in [-0.15, -0.1) is 0 Å². The summed E-state index contributed by atoms with van der Waals surface area (Å²) in [6, 6.07) is 0. The molecule has 2 fully saturated rings. The molecule has 6 unspecified atom stereocenters. The van der Waals surface area contributed by atoms with Gasteiger partial charge < -0.3 is 10.1 Å². The number of carbonyl (C=O) groups excluding carboxylic acids is 2. The maximum absolute atomic E-state index is 13.1. The predicted molar refractivity (Wildman–Crippen MR) is 111 cm³/mol. The van der Waals surface area contributed by atoms with Crippen molar-refractivity contribution >= 4 is 12.4 Å². The summed E-state index contributed by atoms with van der Waals surface area (Å²) < 4.78 is 5.47. The molecule has 3 aliphatic carbocycles. The van der Waals surface area contributed by atoms with Crippen molar-refractivity contribution in [3.05, 3.63) is 11.8 Å². The van der Waals surface area contributed by atoms with E-state index in [1.165, 1.54) is 0 Å². The number of amides is 1. The Hall–Kier alpha value is -1.32. The van der Waals surface area contributed by atoms with Crippen LogP contribution in [0.3, 0.4) is 0 Å². The van der Waals surface area contributed by atoms with Crippen molar-refractivity contribution in [2.45, 2.75) is 92.0 Å². The number of fused-ring (bicyclic) bond motifs is 3. The molecule has 6 atom stereocenters. The first-order valence-corrected chi connectivity index (χ1v) is 11.2. The molecule has 0 radical (unpaired) electrons. The zero-order valence-electron chi connectivity index (χ0n) is 18.6. The highest BCUT2D eigenvalue weighted by molar-refractivity contribution is 5.80. The Morgan fingerprint density at radius 2 is 1.96 bits per heavy atom. The Labute approximate surface area is 170 Å². The lowest BCUT2D eigenvalue weighted by Crippen LogP contribution is -2.52. The van der Waals surface area contributed by atoms with Crippen molar-refractivity contribution in [2.24, 2.45) is 34.5 Å². The molecule has 1 amide bonds. The fourth-order valence-electron chi connectivity index (χ4n) is 7.02. The van der Waals surface area contributed by atoms with Gasteiger partial charge in [-0.3, -0.25) is 9.59 Å². The van der Waals surface area contributed by atoms with Crippen LogP contribution in [-0.4, -0.2) is 17.9 Å². The third kappa shape index (κ3) is 3.52. The number of hydrogen-bond donors (Lipinski definition) is 1. The second-order valence-corrected chi connectivity index (χ2v) is 11.0. The van der Waals surface area contributed by atoms with Crippen LogP contribution in [0.15, 0.2) is 11.8 Å². The number of nitrogens with one attached hydrogen (secondary N) is 1. The maximum Gasteiger partial charge on any atom is 0.298 e. The summed E-state index contributed by atoms with van der Waals surface area (Å²) in [5, 5.41) is 3.24. The zero-order chi connectivity index (χ0) is 20.7. The van der Waals surface area contributed by atoms with Crippen LogP contribution in [0.5, 0.6) is 0 Å². The van der Waals surface area contributed by atoms with Gasteiger partial charge >= 0.3 is 0 Å². The highest BCUT2D eigenvalue weighted by atomic mass is 16.5. The normalized spacial score (nSPS) is 40.1. The fraction of sp³-hybridized carbons (Fsp3) is 0.833. The molecule has 158 valence electrons. The lowest BCUT2D eigenvalue weighted by atomic mass is 9.50. The Kier molecular flexibility index (Phi) is 5.73. The molecular weight excluding hydrogens is 350 g/mol. The summed E-state index contributed by atoms with van der Waals surface area (Å²) in [5.74, 6) is 2.94. The molecule has 0 spiro atoms. The number of hydrogen-bond acceptors (Lipinski definition) is 3. The van der Waals surface area contributed by atoms with Crippen molar-refractivity contribution in [1.29, 1.82) is 0 Å². The second-order valence-electron chi connectivity index (χ2n) is 11.0. The molecule has 0 aromatic heterocycles. The molecule has 0 aliphatic heterocycles. The first kappa shape index (κ1) is 21.4. The number of rotatable bonds is 5. The monoisotopic (exact) mass is 389 g/mol. The van der Waals surface area contributed by atoms with E-state index in [9.17, 15) is 9.59 Å². The molecule has 0 aromatic carbocycles. The lowest BCUT2D eigenvalue weighted by molar-refractivity contribution is -0.136. The van der Waals surface area contributed by atoms with Crippen LogP contribution >= 0.6 is 0 Å². The van der Waals surface area contributed by atoms with Crippen LogP contribution in [-0.2, 0) is 14.3 Å². The first-order valence-electron chi connectivity index (χ1n) is 11.2. The molecule has 4 heteroatoms. The molecule has 28 heavy (non-hydrogen) atoms. The summed E-state index contributed by atoms with van der Waals surface area (Å²) >= 11 is 0. The topological polar surface area (TPSA) is 55.4 Å². The lowest BCUT2D eigenvalue weighted by Gasteiger charge is -2.55. The SMILES string of the molecule is CCCC1(C)C(OC=O)=CCC2C1CCC1(C)C(C(=O)NC(C)(C)C)CCC21. The summed E-state index contributed by atoms with van der Waals surface area (Å²) in [6.07, 6.45) is 9.63. The molecule has 3 aliphatic rings. The minimum atomic E-state index is -0.183. The van der Waals surface area contributed by atoms with E-state index in [1.807, 2.05) is 0 Å². The van der Waals surface area contributed by atoms with Gasteiger partial charge in [-0.05, 0) is 88.5 Å². The number of ether oxygens (including phenoxy) is 1. The molecular formula is C24H39NO3. The number of allylic oxidation sites excluding steroid dienone is 2. The van der Waals surface area contributed by atoms with Crippen LogP contribution < -0.4 is 5.32 Å². The molecule has 0 heterocycles. The summed E-state index contributed by atoms with van der Waals surface area (Å²) in [5.41, 5.74) is -0.163. The average Bonchev–Trinajstić information content (AvgIpc) is 2.94. The van der Waals surface area contributed by atoms with Crippen molar-refractivity contribution in [2.75, 3.05) is 0 Å². The second kappa shape index (κ2) is 7.50. The molecule has 1 N–H and O–H groups in total. The van der Waals surface area contributed by atoms with E-state index in [2.05, 4.69) is 52.9 Å². The van der Waals surface area contributed by atoms with Gasteiger partial charge in [0.1, 0.15) is 5.76 Å². The van der Waals surface area contributed by atoms with E-state index in [0.717, 1.165) is 50.7 Å². The minimum Gasteiger partial charge on any atom is -0.433 e. The van der Waals surface area contributed by atoms with E-state index in [-0.39, 0.29) is 28.2 Å². The van der Waals surface area contributed by atoms with E-state index < -0.39 is 0 Å². The highest BCUT2D eigenvalue weighted by Crippen LogP contribution is 2.65. The van der Waals surface area contributed by atoms with Crippen molar-refractivity contribution < 1.29 is 14.3 Å². The van der Waals surface area contributed by atoms with Crippen LogP contribution in [0.4, 0.5) is 0 Å². The largest absolute Gasteiger partial charge is 0.433 e. The van der Waals surface area contributed by atoms with E-state index in [4.69, 9.17) is 4.74 Å². The number of carbonyl (C=O) groups is 2. The van der Waals surface area contributed by atoms with Crippen LogP contribution in [0, 0.1) is 34.5 Å². The highest BCUT2D eigenvalue weighted by Gasteiger charge is 2.59. The molecule has 0 saturated heterocycles. The van der Waals surface area contributed by atoms with Crippen LogP contribution in [0.1, 0.15) is 86.5 Å². The summed E-state index contributed by atoms with van der Waals surface area (Å²) in [7, 11) is 0. The quantitative estimate of drug-likeness (QED) is 0.655. The van der Waals surface area contributed by atoms with Crippen LogP contribution in [0.2, 0.25) is 0 Å². The van der Waals surface area contributed by atoms with Gasteiger partial charge in [0, 0.05) is 16.9 Å². The standard InChI is InChI=1S/C24H39NO3/c1-7-13-24(6)18-12-14-23(5)17(16(18)8-11-20(24)28-15-26)9-10-19(23)21(27)25-22(2,3)4/h11,15-19H,7-10,12-14H2,1-6H3,(H,25,27). The zero-order valence-corrected chi connectivity index (χ0v) is 18.6. The van der Waals surface area contributed by atoms with Gasteiger partial charge in [-0.25, -0.2) is 0 Å². The van der Waals surface area contributed by atoms with Crippen molar-refractivity contribution in [3.8, 4) is 0 Å². The predicted octanol–water partition coefficient (Wildman–Crippen LogP) is 5.23.